The lowest BCUT2D eigenvalue weighted by atomic mass is 9.75. The van der Waals surface area contributed by atoms with Crippen molar-refractivity contribution in [3.8, 4) is 0 Å². The molecule has 0 saturated carbocycles. The van der Waals surface area contributed by atoms with Gasteiger partial charge in [0.15, 0.2) is 0 Å². The molecule has 4 nitrogen and oxygen atoms in total. The number of benzene rings is 4. The minimum absolute atomic E-state index is 0.138. The number of hydrogen-bond donors (Lipinski definition) is 0. The SMILES string of the molecule is Cc1cccc([C@@]2(CBr)OC(=O)N(C(c3ccccc3)(c3ccccc3)c3ccccc3)C2=O)c1. The Balaban J connectivity index is 1.83. The number of aryl methyl sites for hydroxylation is 1. The lowest BCUT2D eigenvalue weighted by molar-refractivity contribution is -0.138. The number of cyclic esters (lactones) is 1. The maximum absolute atomic E-state index is 14.5. The molecule has 1 saturated heterocycles. The van der Waals surface area contributed by atoms with E-state index in [4.69, 9.17) is 4.74 Å². The second-order valence-corrected chi connectivity index (χ2v) is 9.21. The van der Waals surface area contributed by atoms with Crippen LogP contribution >= 0.6 is 15.9 Å². The fourth-order valence-electron chi connectivity index (χ4n) is 4.96. The molecule has 0 bridgehead atoms. The van der Waals surface area contributed by atoms with Gasteiger partial charge in [-0.1, -0.05) is 137 Å². The zero-order chi connectivity index (χ0) is 24.5. The van der Waals surface area contributed by atoms with Crippen molar-refractivity contribution >= 4 is 27.9 Å². The molecule has 0 aliphatic carbocycles. The molecule has 1 aliphatic rings. The summed E-state index contributed by atoms with van der Waals surface area (Å²) < 4.78 is 6.03. The molecule has 4 aromatic rings. The van der Waals surface area contributed by atoms with Gasteiger partial charge in [-0.3, -0.25) is 4.79 Å². The number of amides is 2. The normalized spacial score (nSPS) is 17.9. The lowest BCUT2D eigenvalue weighted by Crippen LogP contribution is -2.53. The summed E-state index contributed by atoms with van der Waals surface area (Å²) in [4.78, 5) is 29.6. The van der Waals surface area contributed by atoms with Gasteiger partial charge in [0, 0.05) is 5.56 Å². The number of ether oxygens (including phenoxy) is 1. The van der Waals surface area contributed by atoms with Crippen LogP contribution in [0.3, 0.4) is 0 Å². The molecule has 2 amide bonds. The molecule has 35 heavy (non-hydrogen) atoms. The number of carbonyl (C=O) groups excluding carboxylic acids is 2. The average molecular weight is 526 g/mol. The van der Waals surface area contributed by atoms with Gasteiger partial charge in [0.05, 0.1) is 5.33 Å². The molecule has 4 aromatic carbocycles. The second-order valence-electron chi connectivity index (χ2n) is 8.65. The summed E-state index contributed by atoms with van der Waals surface area (Å²) in [6.07, 6.45) is -0.687. The summed E-state index contributed by atoms with van der Waals surface area (Å²) in [7, 11) is 0. The smallest absolute Gasteiger partial charge is 0.419 e. The van der Waals surface area contributed by atoms with E-state index in [0.717, 1.165) is 22.3 Å². The van der Waals surface area contributed by atoms with Crippen molar-refractivity contribution in [3.63, 3.8) is 0 Å². The summed E-state index contributed by atoms with van der Waals surface area (Å²) >= 11 is 3.50. The maximum atomic E-state index is 14.5. The number of carbonyl (C=O) groups is 2. The minimum atomic E-state index is -1.48. The number of nitrogens with zero attached hydrogens (tertiary/aromatic N) is 1. The van der Waals surface area contributed by atoms with E-state index in [0.29, 0.717) is 5.56 Å². The first kappa shape index (κ1) is 23.1. The zero-order valence-electron chi connectivity index (χ0n) is 19.2. The molecule has 0 unspecified atom stereocenters. The van der Waals surface area contributed by atoms with Crippen molar-refractivity contribution < 1.29 is 14.3 Å². The largest absolute Gasteiger partial charge is 0.426 e. The third-order valence-electron chi connectivity index (χ3n) is 6.58. The van der Waals surface area contributed by atoms with Gasteiger partial charge in [-0.2, -0.15) is 0 Å². The van der Waals surface area contributed by atoms with Crippen molar-refractivity contribution in [2.75, 3.05) is 5.33 Å². The number of hydrogen-bond acceptors (Lipinski definition) is 3. The van der Waals surface area contributed by atoms with Gasteiger partial charge >= 0.3 is 6.09 Å². The highest BCUT2D eigenvalue weighted by atomic mass is 79.9. The average Bonchev–Trinajstić information content (AvgIpc) is 3.17. The quantitative estimate of drug-likeness (QED) is 0.211. The zero-order valence-corrected chi connectivity index (χ0v) is 20.8. The van der Waals surface area contributed by atoms with E-state index in [-0.39, 0.29) is 5.33 Å². The molecule has 0 spiro atoms. The highest BCUT2D eigenvalue weighted by Gasteiger charge is 2.62. The van der Waals surface area contributed by atoms with E-state index in [1.54, 1.807) is 0 Å². The Morgan fingerprint density at radius 3 is 1.66 bits per heavy atom. The number of rotatable bonds is 6. The van der Waals surface area contributed by atoms with Crippen molar-refractivity contribution in [1.82, 2.24) is 4.90 Å². The first-order valence-corrected chi connectivity index (χ1v) is 12.5. The second kappa shape index (κ2) is 9.16. The minimum Gasteiger partial charge on any atom is -0.426 e. The van der Waals surface area contributed by atoms with E-state index < -0.39 is 23.1 Å². The highest BCUT2D eigenvalue weighted by molar-refractivity contribution is 9.09. The first-order valence-electron chi connectivity index (χ1n) is 11.4. The van der Waals surface area contributed by atoms with Gasteiger partial charge in [-0.25, -0.2) is 9.69 Å². The molecule has 5 heteroatoms. The summed E-state index contributed by atoms with van der Waals surface area (Å²) in [5.74, 6) is -0.415. The Kier molecular flexibility index (Phi) is 6.03. The number of imide groups is 1. The predicted molar refractivity (Wildman–Crippen MR) is 139 cm³/mol. The van der Waals surface area contributed by atoms with Gasteiger partial charge in [0.1, 0.15) is 5.54 Å². The van der Waals surface area contributed by atoms with Gasteiger partial charge in [-0.05, 0) is 23.6 Å². The van der Waals surface area contributed by atoms with Crippen LogP contribution in [-0.2, 0) is 20.7 Å². The van der Waals surface area contributed by atoms with Crippen LogP contribution in [0.2, 0.25) is 0 Å². The molecular weight excluding hydrogens is 502 g/mol. The standard InChI is InChI=1S/C30H24BrNO3/c1-22-12-11-19-26(20-22)29(21-31)27(33)32(28(34)35-29)30(23-13-5-2-6-14-23,24-15-7-3-8-16-24)25-17-9-4-10-18-25/h2-20H,21H2,1H3/t29-/m1/s1. The van der Waals surface area contributed by atoms with Crippen LogP contribution in [0, 0.1) is 6.92 Å². The van der Waals surface area contributed by atoms with Gasteiger partial charge in [0.25, 0.3) is 5.91 Å². The first-order chi connectivity index (χ1) is 17.0. The topological polar surface area (TPSA) is 46.6 Å². The fourth-order valence-corrected chi connectivity index (χ4v) is 5.63. The Morgan fingerprint density at radius 1 is 0.743 bits per heavy atom. The summed E-state index contributed by atoms with van der Waals surface area (Å²) in [6, 6.07) is 36.5. The van der Waals surface area contributed by atoms with Crippen molar-refractivity contribution in [3.05, 3.63) is 143 Å². The summed E-state index contributed by atoms with van der Waals surface area (Å²) in [6.45, 7) is 1.95. The Labute approximate surface area is 213 Å². The molecule has 1 atom stereocenters. The number of alkyl halides is 1. The Bertz CT molecular complexity index is 1260. The van der Waals surface area contributed by atoms with Crippen LogP contribution in [0.4, 0.5) is 4.79 Å². The summed E-state index contributed by atoms with van der Waals surface area (Å²) in [5, 5.41) is 0.138. The molecule has 0 radical (unpaired) electrons. The van der Waals surface area contributed by atoms with Crippen LogP contribution in [0.15, 0.2) is 115 Å². The maximum Gasteiger partial charge on any atom is 0.419 e. The molecule has 0 N–H and O–H groups in total. The molecule has 0 aromatic heterocycles. The highest BCUT2D eigenvalue weighted by Crippen LogP contribution is 2.49. The third kappa shape index (κ3) is 3.58. The number of halogens is 1. The molecule has 1 fully saturated rings. The van der Waals surface area contributed by atoms with E-state index >= 15 is 0 Å². The van der Waals surface area contributed by atoms with Crippen LogP contribution in [-0.4, -0.2) is 22.2 Å². The molecule has 5 rings (SSSR count). The van der Waals surface area contributed by atoms with Crippen molar-refractivity contribution in [2.24, 2.45) is 0 Å². The van der Waals surface area contributed by atoms with E-state index in [1.165, 1.54) is 4.90 Å². The summed E-state index contributed by atoms with van der Waals surface area (Å²) in [5.41, 5.74) is 1.27. The van der Waals surface area contributed by atoms with E-state index in [2.05, 4.69) is 15.9 Å². The van der Waals surface area contributed by atoms with Gasteiger partial charge in [0.2, 0.25) is 5.60 Å². The molecule has 1 heterocycles. The van der Waals surface area contributed by atoms with Crippen LogP contribution in [0.5, 0.6) is 0 Å². The van der Waals surface area contributed by atoms with Gasteiger partial charge < -0.3 is 4.74 Å². The fraction of sp³-hybridized carbons (Fsp3) is 0.133. The van der Waals surface area contributed by atoms with Crippen molar-refractivity contribution in [1.29, 1.82) is 0 Å². The third-order valence-corrected chi connectivity index (χ3v) is 7.37. The Hall–Kier alpha value is -3.70. The molecule has 1 aliphatic heterocycles. The predicted octanol–water partition coefficient (Wildman–Crippen LogP) is 6.56. The van der Waals surface area contributed by atoms with Crippen LogP contribution < -0.4 is 0 Å². The van der Waals surface area contributed by atoms with Crippen LogP contribution in [0.25, 0.3) is 0 Å². The lowest BCUT2D eigenvalue weighted by Gasteiger charge is -2.41. The molecular formula is C30H24BrNO3. The van der Waals surface area contributed by atoms with E-state index in [9.17, 15) is 9.59 Å². The molecule has 174 valence electrons. The monoisotopic (exact) mass is 525 g/mol. The van der Waals surface area contributed by atoms with E-state index in [1.807, 2.05) is 122 Å². The van der Waals surface area contributed by atoms with Gasteiger partial charge in [-0.15, -0.1) is 0 Å². The van der Waals surface area contributed by atoms with Crippen molar-refractivity contribution in [2.45, 2.75) is 18.1 Å². The van der Waals surface area contributed by atoms with Crippen LogP contribution in [0.1, 0.15) is 27.8 Å². The Morgan fingerprint density at radius 2 is 1.23 bits per heavy atom.